The molecule has 0 spiro atoms. The Labute approximate surface area is 125 Å². The SMILES string of the molecule is CCCc1nc2cc(C(=O)O)ccc2n1CC(C)(C)CC. The van der Waals surface area contributed by atoms with Crippen LogP contribution in [0.3, 0.4) is 0 Å². The first-order chi connectivity index (χ1) is 9.88. The second-order valence-corrected chi connectivity index (χ2v) is 6.39. The summed E-state index contributed by atoms with van der Waals surface area (Å²) in [5, 5.41) is 9.11. The second kappa shape index (κ2) is 5.88. The van der Waals surface area contributed by atoms with E-state index in [0.29, 0.717) is 5.56 Å². The molecule has 4 heteroatoms. The minimum Gasteiger partial charge on any atom is -0.478 e. The van der Waals surface area contributed by atoms with Gasteiger partial charge in [-0.3, -0.25) is 0 Å². The van der Waals surface area contributed by atoms with E-state index >= 15 is 0 Å². The Balaban J connectivity index is 2.55. The Kier molecular flexibility index (Phi) is 4.35. The quantitative estimate of drug-likeness (QED) is 0.869. The molecule has 1 N–H and O–H groups in total. The average molecular weight is 288 g/mol. The van der Waals surface area contributed by atoms with E-state index in [0.717, 1.165) is 42.7 Å². The molecule has 0 atom stereocenters. The molecule has 0 radical (unpaired) electrons. The van der Waals surface area contributed by atoms with Crippen molar-refractivity contribution in [2.24, 2.45) is 5.41 Å². The predicted molar refractivity (Wildman–Crippen MR) is 84.8 cm³/mol. The summed E-state index contributed by atoms with van der Waals surface area (Å²) < 4.78 is 2.26. The lowest BCUT2D eigenvalue weighted by atomic mass is 9.90. The lowest BCUT2D eigenvalue weighted by Gasteiger charge is -2.24. The van der Waals surface area contributed by atoms with Gasteiger partial charge in [0.25, 0.3) is 0 Å². The smallest absolute Gasteiger partial charge is 0.335 e. The highest BCUT2D eigenvalue weighted by molar-refractivity contribution is 5.92. The van der Waals surface area contributed by atoms with Crippen LogP contribution in [-0.4, -0.2) is 20.6 Å². The number of benzene rings is 1. The second-order valence-electron chi connectivity index (χ2n) is 6.39. The van der Waals surface area contributed by atoms with Gasteiger partial charge in [-0.2, -0.15) is 0 Å². The zero-order chi connectivity index (χ0) is 15.6. The first-order valence-corrected chi connectivity index (χ1v) is 7.60. The maximum Gasteiger partial charge on any atom is 0.335 e. The van der Waals surface area contributed by atoms with Crippen LogP contribution in [0.15, 0.2) is 18.2 Å². The molecule has 0 aliphatic rings. The zero-order valence-electron chi connectivity index (χ0n) is 13.3. The molecule has 0 bridgehead atoms. The van der Waals surface area contributed by atoms with Gasteiger partial charge in [0.05, 0.1) is 16.6 Å². The van der Waals surface area contributed by atoms with Crippen molar-refractivity contribution in [3.05, 3.63) is 29.6 Å². The van der Waals surface area contributed by atoms with Crippen LogP contribution in [0.1, 0.15) is 56.7 Å². The highest BCUT2D eigenvalue weighted by Crippen LogP contribution is 2.27. The minimum atomic E-state index is -0.905. The third kappa shape index (κ3) is 3.26. The third-order valence-electron chi connectivity index (χ3n) is 4.09. The van der Waals surface area contributed by atoms with Crippen LogP contribution >= 0.6 is 0 Å². The van der Waals surface area contributed by atoms with Gasteiger partial charge in [0, 0.05) is 13.0 Å². The molecule has 1 aromatic heterocycles. The Morgan fingerprint density at radius 2 is 2.05 bits per heavy atom. The number of hydrogen-bond acceptors (Lipinski definition) is 2. The van der Waals surface area contributed by atoms with Crippen molar-refractivity contribution in [2.45, 2.75) is 53.5 Å². The van der Waals surface area contributed by atoms with Crippen LogP contribution in [0.25, 0.3) is 11.0 Å². The van der Waals surface area contributed by atoms with Crippen LogP contribution < -0.4 is 0 Å². The van der Waals surface area contributed by atoms with Crippen molar-refractivity contribution < 1.29 is 9.90 Å². The third-order valence-corrected chi connectivity index (χ3v) is 4.09. The molecule has 0 amide bonds. The van der Waals surface area contributed by atoms with Gasteiger partial charge in [-0.1, -0.05) is 27.7 Å². The number of nitrogens with zero attached hydrogens (tertiary/aromatic N) is 2. The van der Waals surface area contributed by atoms with Gasteiger partial charge < -0.3 is 9.67 Å². The number of fused-ring (bicyclic) bond motifs is 1. The first kappa shape index (κ1) is 15.5. The van der Waals surface area contributed by atoms with Crippen molar-refractivity contribution in [1.29, 1.82) is 0 Å². The summed E-state index contributed by atoms with van der Waals surface area (Å²) in [6.07, 6.45) is 3.03. The Hall–Kier alpha value is -1.84. The Morgan fingerprint density at radius 3 is 2.62 bits per heavy atom. The van der Waals surface area contributed by atoms with Gasteiger partial charge in [-0.05, 0) is 36.5 Å². The number of aryl methyl sites for hydroxylation is 1. The molecule has 0 aliphatic heterocycles. The number of hydrogen-bond donors (Lipinski definition) is 1. The van der Waals surface area contributed by atoms with Gasteiger partial charge >= 0.3 is 5.97 Å². The molecule has 1 heterocycles. The lowest BCUT2D eigenvalue weighted by Crippen LogP contribution is -2.20. The van der Waals surface area contributed by atoms with Crippen molar-refractivity contribution in [3.8, 4) is 0 Å². The lowest BCUT2D eigenvalue weighted by molar-refractivity contribution is 0.0697. The van der Waals surface area contributed by atoms with Gasteiger partial charge in [0.15, 0.2) is 0 Å². The Bertz CT molecular complexity index is 656. The normalized spacial score (nSPS) is 12.0. The summed E-state index contributed by atoms with van der Waals surface area (Å²) in [4.78, 5) is 15.8. The molecule has 0 unspecified atom stereocenters. The van der Waals surface area contributed by atoms with Crippen LogP contribution in [0.5, 0.6) is 0 Å². The van der Waals surface area contributed by atoms with E-state index in [4.69, 9.17) is 5.11 Å². The van der Waals surface area contributed by atoms with Crippen LogP contribution in [0, 0.1) is 5.41 Å². The summed E-state index contributed by atoms with van der Waals surface area (Å²) in [7, 11) is 0. The maximum absolute atomic E-state index is 11.1. The summed E-state index contributed by atoms with van der Waals surface area (Å²) in [5.41, 5.74) is 2.31. The van der Waals surface area contributed by atoms with Crippen molar-refractivity contribution in [3.63, 3.8) is 0 Å². The number of imidazole rings is 1. The zero-order valence-corrected chi connectivity index (χ0v) is 13.3. The molecule has 4 nitrogen and oxygen atoms in total. The summed E-state index contributed by atoms with van der Waals surface area (Å²) >= 11 is 0. The summed E-state index contributed by atoms with van der Waals surface area (Å²) in [6, 6.07) is 5.22. The predicted octanol–water partition coefficient (Wildman–Crippen LogP) is 4.12. The van der Waals surface area contributed by atoms with E-state index in [1.54, 1.807) is 12.1 Å². The highest BCUT2D eigenvalue weighted by Gasteiger charge is 2.20. The number of aromatic carboxylic acids is 1. The number of carboxylic acid groups (broad SMARTS) is 1. The molecule has 0 saturated carbocycles. The molecule has 0 saturated heterocycles. The molecule has 2 aromatic rings. The number of carboxylic acids is 1. The van der Waals surface area contributed by atoms with Crippen LogP contribution in [-0.2, 0) is 13.0 Å². The first-order valence-electron chi connectivity index (χ1n) is 7.60. The fourth-order valence-electron chi connectivity index (χ4n) is 2.44. The standard InChI is InChI=1S/C17H24N2O2/c1-5-7-15-18-13-10-12(16(20)21)8-9-14(13)19(15)11-17(3,4)6-2/h8-10H,5-7,11H2,1-4H3,(H,20,21). The van der Waals surface area contributed by atoms with Gasteiger partial charge in [0.1, 0.15) is 5.82 Å². The maximum atomic E-state index is 11.1. The van der Waals surface area contributed by atoms with E-state index in [2.05, 4.69) is 37.2 Å². The van der Waals surface area contributed by atoms with Crippen molar-refractivity contribution in [2.75, 3.05) is 0 Å². The number of carbonyl (C=O) groups is 1. The molecule has 0 aliphatic carbocycles. The van der Waals surface area contributed by atoms with Gasteiger partial charge in [-0.25, -0.2) is 9.78 Å². The molecule has 21 heavy (non-hydrogen) atoms. The van der Waals surface area contributed by atoms with Gasteiger partial charge in [0.2, 0.25) is 0 Å². The largest absolute Gasteiger partial charge is 0.478 e. The molecule has 2 rings (SSSR count). The van der Waals surface area contributed by atoms with E-state index in [1.807, 2.05) is 6.07 Å². The fraction of sp³-hybridized carbons (Fsp3) is 0.529. The molecule has 1 aromatic carbocycles. The van der Waals surface area contributed by atoms with Crippen LogP contribution in [0.2, 0.25) is 0 Å². The summed E-state index contributed by atoms with van der Waals surface area (Å²) in [6.45, 7) is 9.74. The highest BCUT2D eigenvalue weighted by atomic mass is 16.4. The Morgan fingerprint density at radius 1 is 1.33 bits per heavy atom. The number of aromatic nitrogens is 2. The molecular weight excluding hydrogens is 264 g/mol. The molecule has 0 fully saturated rings. The van der Waals surface area contributed by atoms with Crippen molar-refractivity contribution in [1.82, 2.24) is 9.55 Å². The fourth-order valence-corrected chi connectivity index (χ4v) is 2.44. The van der Waals surface area contributed by atoms with Gasteiger partial charge in [-0.15, -0.1) is 0 Å². The van der Waals surface area contributed by atoms with E-state index in [9.17, 15) is 4.79 Å². The van der Waals surface area contributed by atoms with E-state index in [-0.39, 0.29) is 5.41 Å². The topological polar surface area (TPSA) is 55.1 Å². The van der Waals surface area contributed by atoms with Crippen LogP contribution in [0.4, 0.5) is 0 Å². The number of rotatable bonds is 6. The summed E-state index contributed by atoms with van der Waals surface area (Å²) in [5.74, 6) is 0.147. The minimum absolute atomic E-state index is 0.196. The molecule has 114 valence electrons. The van der Waals surface area contributed by atoms with E-state index in [1.165, 1.54) is 0 Å². The van der Waals surface area contributed by atoms with Crippen molar-refractivity contribution >= 4 is 17.0 Å². The average Bonchev–Trinajstić information content (AvgIpc) is 2.76. The van der Waals surface area contributed by atoms with E-state index < -0.39 is 5.97 Å². The molecular formula is C17H24N2O2. The monoisotopic (exact) mass is 288 g/mol.